The maximum atomic E-state index is 13.6. The number of amides is 2. The minimum atomic E-state index is -5.70. The lowest BCUT2D eigenvalue weighted by Gasteiger charge is -2.22. The highest BCUT2D eigenvalue weighted by Gasteiger charge is 2.57. The summed E-state index contributed by atoms with van der Waals surface area (Å²) in [6, 6.07) is 3.09. The van der Waals surface area contributed by atoms with Crippen molar-refractivity contribution in [2.24, 2.45) is 0 Å². The van der Waals surface area contributed by atoms with Crippen LogP contribution in [-0.2, 0) is 21.5 Å². The second-order valence-electron chi connectivity index (χ2n) is 9.09. The van der Waals surface area contributed by atoms with E-state index in [0.717, 1.165) is 17.5 Å². The predicted octanol–water partition coefficient (Wildman–Crippen LogP) is 3.01. The molecule has 0 bridgehead atoms. The fourth-order valence-electron chi connectivity index (χ4n) is 4.15. The van der Waals surface area contributed by atoms with E-state index < -0.39 is 42.3 Å². The molecule has 196 valence electrons. The largest absolute Gasteiger partial charge is 0.453 e. The van der Waals surface area contributed by atoms with E-state index in [0.29, 0.717) is 5.39 Å². The quantitative estimate of drug-likeness (QED) is 0.320. The Bertz CT molecular complexity index is 1420. The van der Waals surface area contributed by atoms with Crippen LogP contribution in [0.4, 0.5) is 33.6 Å². The van der Waals surface area contributed by atoms with Crippen molar-refractivity contribution in [1.82, 2.24) is 30.0 Å². The summed E-state index contributed by atoms with van der Waals surface area (Å²) in [7, 11) is 1.53. The number of nitrogens with zero attached hydrogens (tertiary/aromatic N) is 5. The maximum absolute atomic E-state index is 13.6. The number of aryl methyl sites for hydroxylation is 1. The molecule has 1 atom stereocenters. The van der Waals surface area contributed by atoms with Crippen molar-refractivity contribution < 1.29 is 31.5 Å². The Hall–Kier alpha value is -3.91. The third-order valence-corrected chi connectivity index (χ3v) is 6.47. The first-order valence-electron chi connectivity index (χ1n) is 11.4. The first-order valence-corrected chi connectivity index (χ1v) is 11.4. The van der Waals surface area contributed by atoms with Crippen LogP contribution in [0.3, 0.4) is 0 Å². The number of fused-ring (bicyclic) bond motifs is 2. The second-order valence-corrected chi connectivity index (χ2v) is 9.09. The van der Waals surface area contributed by atoms with Crippen molar-refractivity contribution in [3.63, 3.8) is 0 Å². The first-order chi connectivity index (χ1) is 17.4. The van der Waals surface area contributed by atoms with Gasteiger partial charge in [-0.15, -0.1) is 0 Å². The summed E-state index contributed by atoms with van der Waals surface area (Å²) in [5.74, 6) is -5.85. The molecule has 1 aliphatic carbocycles. The average molecular weight is 524 g/mol. The van der Waals surface area contributed by atoms with Crippen molar-refractivity contribution in [1.29, 1.82) is 0 Å². The fourth-order valence-corrected chi connectivity index (χ4v) is 4.15. The Kier molecular flexibility index (Phi) is 5.56. The monoisotopic (exact) mass is 524 g/mol. The summed E-state index contributed by atoms with van der Waals surface area (Å²) in [5, 5.41) is 12.8. The minimum absolute atomic E-state index is 0.00644. The molecule has 37 heavy (non-hydrogen) atoms. The van der Waals surface area contributed by atoms with Gasteiger partial charge in [0.25, 0.3) is 0 Å². The normalized spacial score (nSPS) is 19.6. The van der Waals surface area contributed by atoms with Gasteiger partial charge in [-0.2, -0.15) is 27.1 Å². The van der Waals surface area contributed by atoms with E-state index in [1.165, 1.54) is 26.2 Å². The van der Waals surface area contributed by atoms with Crippen molar-refractivity contribution in [3.8, 4) is 11.5 Å². The van der Waals surface area contributed by atoms with Gasteiger partial charge in [-0.3, -0.25) is 9.59 Å². The zero-order valence-electron chi connectivity index (χ0n) is 19.6. The molecule has 3 N–H and O–H groups in total. The lowest BCUT2D eigenvalue weighted by molar-refractivity contribution is -0.285. The van der Waals surface area contributed by atoms with Gasteiger partial charge in [-0.05, 0) is 31.9 Å². The number of aromatic nitrogens is 5. The van der Waals surface area contributed by atoms with Gasteiger partial charge in [0.15, 0.2) is 16.9 Å². The van der Waals surface area contributed by atoms with Gasteiger partial charge >= 0.3 is 12.1 Å². The number of carbonyl (C=O) groups excluding carboxylic acids is 2. The fraction of sp³-hybridized carbons (Fsp3) is 0.455. The van der Waals surface area contributed by atoms with E-state index in [1.54, 1.807) is 6.07 Å². The molecule has 0 radical (unpaired) electrons. The number of carbonyl (C=O) groups is 2. The Morgan fingerprint density at radius 2 is 1.97 bits per heavy atom. The summed E-state index contributed by atoms with van der Waals surface area (Å²) >= 11 is 0. The van der Waals surface area contributed by atoms with Crippen LogP contribution in [0.1, 0.15) is 31.7 Å². The van der Waals surface area contributed by atoms with Crippen LogP contribution >= 0.6 is 0 Å². The summed E-state index contributed by atoms with van der Waals surface area (Å²) in [5.41, 5.74) is -1.26. The van der Waals surface area contributed by atoms with Crippen LogP contribution < -0.4 is 16.0 Å². The van der Waals surface area contributed by atoms with Gasteiger partial charge in [0.2, 0.25) is 11.8 Å². The molecular weight excluding hydrogens is 503 g/mol. The molecule has 15 heteroatoms. The number of rotatable bonds is 7. The topological polar surface area (TPSA) is 127 Å². The standard InChI is InChI=1S/C22H21F5N8O2/c1-20(18(36)30-10-5-6-10)12-14(28-2)31-16(32-15(12)33-19(20)37)13-11-4-3-8-29-17(11)35(34-13)9-7-21(23,24)22(25,26)27/h3-4,8,10H,5-7,9H2,1-2H3,(H,30,36)(H2,28,31,32,33,37). The molecule has 1 fully saturated rings. The first kappa shape index (κ1) is 24.8. The van der Waals surface area contributed by atoms with Crippen molar-refractivity contribution in [2.75, 3.05) is 17.7 Å². The summed E-state index contributed by atoms with van der Waals surface area (Å²) < 4.78 is 66.1. The SMILES string of the molecule is CNc1nc(-c2nn(CCC(F)(F)C(F)(F)F)c3ncccc23)nc2c1C(C)(C(=O)NC1CC1)C(=O)N2. The molecule has 1 unspecified atom stereocenters. The van der Waals surface area contributed by atoms with Gasteiger partial charge in [-0.1, -0.05) is 0 Å². The van der Waals surface area contributed by atoms with Crippen LogP contribution in [0.15, 0.2) is 18.3 Å². The zero-order chi connectivity index (χ0) is 26.8. The molecule has 2 aliphatic rings. The predicted molar refractivity (Wildman–Crippen MR) is 121 cm³/mol. The lowest BCUT2D eigenvalue weighted by atomic mass is 9.83. The average Bonchev–Trinajstić information content (AvgIpc) is 3.52. The maximum Gasteiger partial charge on any atom is 0.453 e. The van der Waals surface area contributed by atoms with E-state index in [2.05, 4.69) is 36.0 Å². The number of nitrogens with one attached hydrogen (secondary N) is 3. The molecule has 3 aromatic rings. The van der Waals surface area contributed by atoms with E-state index in [9.17, 15) is 31.5 Å². The van der Waals surface area contributed by atoms with Crippen molar-refractivity contribution >= 4 is 34.5 Å². The molecule has 0 aromatic carbocycles. The summed E-state index contributed by atoms with van der Waals surface area (Å²) in [6.45, 7) is 0.685. The molecule has 3 aromatic heterocycles. The highest BCUT2D eigenvalue weighted by atomic mass is 19.4. The molecule has 5 rings (SSSR count). The van der Waals surface area contributed by atoms with Crippen LogP contribution in [-0.4, -0.2) is 61.7 Å². The van der Waals surface area contributed by atoms with Gasteiger partial charge in [0.1, 0.15) is 17.3 Å². The number of anilines is 2. The van der Waals surface area contributed by atoms with Crippen LogP contribution in [0.5, 0.6) is 0 Å². The van der Waals surface area contributed by atoms with Crippen molar-refractivity contribution in [3.05, 3.63) is 23.9 Å². The summed E-state index contributed by atoms with van der Waals surface area (Å²) in [4.78, 5) is 38.8. The second kappa shape index (κ2) is 8.31. The van der Waals surface area contributed by atoms with E-state index in [4.69, 9.17) is 0 Å². The highest BCUT2D eigenvalue weighted by Crippen LogP contribution is 2.43. The van der Waals surface area contributed by atoms with Gasteiger partial charge in [-0.25, -0.2) is 19.6 Å². The number of halogens is 5. The molecule has 4 heterocycles. The number of hydrogen-bond acceptors (Lipinski definition) is 7. The Morgan fingerprint density at radius 1 is 1.24 bits per heavy atom. The summed E-state index contributed by atoms with van der Waals surface area (Å²) in [6.07, 6.45) is -4.25. The minimum Gasteiger partial charge on any atom is -0.373 e. The van der Waals surface area contributed by atoms with Crippen LogP contribution in [0.2, 0.25) is 0 Å². The molecule has 0 saturated heterocycles. The van der Waals surface area contributed by atoms with Crippen LogP contribution in [0.25, 0.3) is 22.6 Å². The molecule has 10 nitrogen and oxygen atoms in total. The number of pyridine rings is 1. The Labute approximate surface area is 206 Å². The molecule has 0 spiro atoms. The third-order valence-electron chi connectivity index (χ3n) is 6.47. The Morgan fingerprint density at radius 3 is 2.62 bits per heavy atom. The molecular formula is C22H21F5N8O2. The highest BCUT2D eigenvalue weighted by molar-refractivity contribution is 6.21. The third kappa shape index (κ3) is 4.01. The molecule has 1 aliphatic heterocycles. The zero-order valence-corrected chi connectivity index (χ0v) is 19.6. The van der Waals surface area contributed by atoms with Crippen molar-refractivity contribution in [2.45, 2.75) is 56.3 Å². The van der Waals surface area contributed by atoms with Crippen LogP contribution in [0, 0.1) is 0 Å². The lowest BCUT2D eigenvalue weighted by Crippen LogP contribution is -2.48. The number of hydrogen-bond donors (Lipinski definition) is 3. The van der Waals surface area contributed by atoms with Gasteiger partial charge in [0, 0.05) is 32.3 Å². The van der Waals surface area contributed by atoms with Gasteiger partial charge in [0.05, 0.1) is 10.9 Å². The number of alkyl halides is 5. The molecule has 2 amide bonds. The van der Waals surface area contributed by atoms with Gasteiger partial charge < -0.3 is 16.0 Å². The Balaban J connectivity index is 1.56. The van der Waals surface area contributed by atoms with E-state index in [1.807, 2.05) is 0 Å². The molecule has 1 saturated carbocycles. The van der Waals surface area contributed by atoms with E-state index >= 15 is 0 Å². The van der Waals surface area contributed by atoms with E-state index in [-0.39, 0.29) is 40.4 Å². The smallest absolute Gasteiger partial charge is 0.373 e.